The smallest absolute Gasteiger partial charge is 0.222 e. The Bertz CT molecular complexity index is 362. The van der Waals surface area contributed by atoms with Crippen LogP contribution in [0.5, 0.6) is 0 Å². The molecule has 1 amide bonds. The summed E-state index contributed by atoms with van der Waals surface area (Å²) in [5.74, 6) is 0.247. The lowest BCUT2D eigenvalue weighted by Gasteiger charge is -2.21. The highest BCUT2D eigenvalue weighted by atomic mass is 16.2. The maximum atomic E-state index is 12.1. The van der Waals surface area contributed by atoms with E-state index in [-0.39, 0.29) is 5.91 Å². The predicted octanol–water partition coefficient (Wildman–Crippen LogP) is 2.81. The quantitative estimate of drug-likeness (QED) is 0.731. The Morgan fingerprint density at radius 2 is 1.95 bits per heavy atom. The molecule has 0 aromatic heterocycles. The first-order valence-electron chi connectivity index (χ1n) is 7.18. The molecule has 3 nitrogen and oxygen atoms in total. The molecule has 0 atom stereocenters. The van der Waals surface area contributed by atoms with Gasteiger partial charge in [0.2, 0.25) is 5.91 Å². The maximum absolute atomic E-state index is 12.1. The van der Waals surface area contributed by atoms with E-state index in [1.165, 1.54) is 5.56 Å². The van der Waals surface area contributed by atoms with Crippen molar-refractivity contribution < 1.29 is 4.79 Å². The van der Waals surface area contributed by atoms with Crippen LogP contribution in [0, 0.1) is 0 Å². The van der Waals surface area contributed by atoms with Crippen molar-refractivity contribution in [3.05, 3.63) is 35.9 Å². The summed E-state index contributed by atoms with van der Waals surface area (Å²) in [6.45, 7) is 8.67. The lowest BCUT2D eigenvalue weighted by atomic mass is 10.2. The van der Waals surface area contributed by atoms with Gasteiger partial charge < -0.3 is 10.2 Å². The van der Waals surface area contributed by atoms with Crippen molar-refractivity contribution in [1.82, 2.24) is 10.2 Å². The monoisotopic (exact) mass is 262 g/mol. The Kier molecular flexibility index (Phi) is 7.19. The largest absolute Gasteiger partial charge is 0.339 e. The first-order valence-corrected chi connectivity index (χ1v) is 7.18. The number of nitrogens with zero attached hydrogens (tertiary/aromatic N) is 1. The average molecular weight is 262 g/mol. The third-order valence-electron chi connectivity index (χ3n) is 3.07. The zero-order chi connectivity index (χ0) is 14.1. The zero-order valence-corrected chi connectivity index (χ0v) is 12.4. The van der Waals surface area contributed by atoms with Gasteiger partial charge >= 0.3 is 0 Å². The fourth-order valence-corrected chi connectivity index (χ4v) is 1.97. The van der Waals surface area contributed by atoms with Gasteiger partial charge in [-0.05, 0) is 25.5 Å². The molecular weight excluding hydrogens is 236 g/mol. The molecule has 0 spiro atoms. The molecule has 0 saturated heterocycles. The van der Waals surface area contributed by atoms with Crippen molar-refractivity contribution in [2.75, 3.05) is 13.1 Å². The highest BCUT2D eigenvalue weighted by Crippen LogP contribution is 2.06. The van der Waals surface area contributed by atoms with Gasteiger partial charge in [0.25, 0.3) is 0 Å². The molecule has 0 radical (unpaired) electrons. The molecule has 1 aromatic carbocycles. The number of hydrogen-bond donors (Lipinski definition) is 1. The minimum atomic E-state index is 0.247. The van der Waals surface area contributed by atoms with Gasteiger partial charge in [-0.15, -0.1) is 0 Å². The van der Waals surface area contributed by atoms with E-state index in [0.717, 1.165) is 19.5 Å². The van der Waals surface area contributed by atoms with E-state index in [0.29, 0.717) is 19.0 Å². The second-order valence-electron chi connectivity index (χ2n) is 5.11. The summed E-state index contributed by atoms with van der Waals surface area (Å²) in [4.78, 5) is 14.0. The summed E-state index contributed by atoms with van der Waals surface area (Å²) in [6, 6.07) is 10.6. The Morgan fingerprint density at radius 3 is 2.53 bits per heavy atom. The topological polar surface area (TPSA) is 32.3 Å². The molecule has 106 valence electrons. The number of carbonyl (C=O) groups is 1. The van der Waals surface area contributed by atoms with E-state index in [2.05, 4.69) is 31.3 Å². The first-order chi connectivity index (χ1) is 9.13. The number of benzene rings is 1. The fourth-order valence-electron chi connectivity index (χ4n) is 1.97. The van der Waals surface area contributed by atoms with Crippen LogP contribution in [-0.2, 0) is 11.3 Å². The van der Waals surface area contributed by atoms with Crippen LogP contribution in [0.1, 0.15) is 39.2 Å². The summed E-state index contributed by atoms with van der Waals surface area (Å²) in [7, 11) is 0. The first kappa shape index (κ1) is 15.7. The van der Waals surface area contributed by atoms with Crippen LogP contribution in [-0.4, -0.2) is 29.9 Å². The molecule has 0 aliphatic carbocycles. The second kappa shape index (κ2) is 8.70. The molecule has 0 fully saturated rings. The number of hydrogen-bond acceptors (Lipinski definition) is 2. The minimum absolute atomic E-state index is 0.247. The van der Waals surface area contributed by atoms with Crippen molar-refractivity contribution in [2.24, 2.45) is 0 Å². The van der Waals surface area contributed by atoms with E-state index >= 15 is 0 Å². The molecule has 0 bridgehead atoms. The number of rotatable bonds is 8. The summed E-state index contributed by atoms with van der Waals surface area (Å²) < 4.78 is 0. The molecule has 1 N–H and O–H groups in total. The van der Waals surface area contributed by atoms with Crippen LogP contribution in [0.25, 0.3) is 0 Å². The Balaban J connectivity index is 2.35. The summed E-state index contributed by atoms with van der Waals surface area (Å²) in [5, 5.41) is 3.34. The van der Waals surface area contributed by atoms with Crippen molar-refractivity contribution in [2.45, 2.75) is 46.2 Å². The molecule has 19 heavy (non-hydrogen) atoms. The standard InChI is InChI=1S/C16H26N2O/c1-4-18(13-15-9-6-5-7-10-15)16(19)11-8-12-17-14(2)3/h5-7,9-10,14,17H,4,8,11-13H2,1-3H3. The van der Waals surface area contributed by atoms with Gasteiger partial charge in [0.15, 0.2) is 0 Å². The van der Waals surface area contributed by atoms with Crippen LogP contribution in [0.2, 0.25) is 0 Å². The van der Waals surface area contributed by atoms with Crippen molar-refractivity contribution in [1.29, 1.82) is 0 Å². The van der Waals surface area contributed by atoms with Gasteiger partial charge in [-0.2, -0.15) is 0 Å². The van der Waals surface area contributed by atoms with E-state index in [9.17, 15) is 4.79 Å². The summed E-state index contributed by atoms with van der Waals surface area (Å²) >= 11 is 0. The maximum Gasteiger partial charge on any atom is 0.222 e. The molecule has 0 heterocycles. The average Bonchev–Trinajstić information content (AvgIpc) is 2.41. The minimum Gasteiger partial charge on any atom is -0.339 e. The second-order valence-corrected chi connectivity index (χ2v) is 5.11. The third-order valence-corrected chi connectivity index (χ3v) is 3.07. The van der Waals surface area contributed by atoms with Crippen LogP contribution >= 0.6 is 0 Å². The SMILES string of the molecule is CCN(Cc1ccccc1)C(=O)CCCNC(C)C. The van der Waals surface area contributed by atoms with Crippen molar-refractivity contribution >= 4 is 5.91 Å². The number of amides is 1. The Morgan fingerprint density at radius 1 is 1.26 bits per heavy atom. The van der Waals surface area contributed by atoms with Gasteiger partial charge in [0, 0.05) is 25.6 Å². The Hall–Kier alpha value is -1.35. The van der Waals surface area contributed by atoms with E-state index < -0.39 is 0 Å². The molecule has 3 heteroatoms. The van der Waals surface area contributed by atoms with Gasteiger partial charge in [0.05, 0.1) is 0 Å². The highest BCUT2D eigenvalue weighted by Gasteiger charge is 2.11. The van der Waals surface area contributed by atoms with Crippen LogP contribution < -0.4 is 5.32 Å². The molecule has 0 aliphatic rings. The lowest BCUT2D eigenvalue weighted by Crippen LogP contribution is -2.31. The van der Waals surface area contributed by atoms with Crippen molar-refractivity contribution in [3.8, 4) is 0 Å². The third kappa shape index (κ3) is 6.39. The van der Waals surface area contributed by atoms with E-state index in [4.69, 9.17) is 0 Å². The van der Waals surface area contributed by atoms with E-state index in [1.807, 2.05) is 30.0 Å². The zero-order valence-electron chi connectivity index (χ0n) is 12.4. The number of carbonyl (C=O) groups excluding carboxylic acids is 1. The highest BCUT2D eigenvalue weighted by molar-refractivity contribution is 5.76. The molecule has 0 aliphatic heterocycles. The Labute approximate surface area is 117 Å². The lowest BCUT2D eigenvalue weighted by molar-refractivity contribution is -0.131. The summed E-state index contributed by atoms with van der Waals surface area (Å²) in [5.41, 5.74) is 1.19. The fraction of sp³-hybridized carbons (Fsp3) is 0.562. The summed E-state index contributed by atoms with van der Waals surface area (Å²) in [6.07, 6.45) is 1.53. The van der Waals surface area contributed by atoms with E-state index in [1.54, 1.807) is 0 Å². The van der Waals surface area contributed by atoms with Crippen LogP contribution in [0.3, 0.4) is 0 Å². The van der Waals surface area contributed by atoms with Gasteiger partial charge in [-0.25, -0.2) is 0 Å². The molecule has 1 rings (SSSR count). The van der Waals surface area contributed by atoms with Gasteiger partial charge in [-0.3, -0.25) is 4.79 Å². The van der Waals surface area contributed by atoms with Crippen molar-refractivity contribution in [3.63, 3.8) is 0 Å². The molecular formula is C16H26N2O. The normalized spacial score (nSPS) is 10.7. The number of nitrogens with one attached hydrogen (secondary N) is 1. The molecule has 0 saturated carbocycles. The van der Waals surface area contributed by atoms with Gasteiger partial charge in [0.1, 0.15) is 0 Å². The van der Waals surface area contributed by atoms with Gasteiger partial charge in [-0.1, -0.05) is 44.2 Å². The van der Waals surface area contributed by atoms with Crippen LogP contribution in [0.15, 0.2) is 30.3 Å². The molecule has 0 unspecified atom stereocenters. The van der Waals surface area contributed by atoms with Crippen LogP contribution in [0.4, 0.5) is 0 Å². The predicted molar refractivity (Wildman–Crippen MR) is 79.9 cm³/mol. The molecule has 1 aromatic rings.